The quantitative estimate of drug-likeness (QED) is 0.800. The van der Waals surface area contributed by atoms with Crippen molar-refractivity contribution >= 4 is 12.0 Å². The van der Waals surface area contributed by atoms with E-state index in [1.807, 2.05) is 41.3 Å². The number of rotatable bonds is 8. The first kappa shape index (κ1) is 17.2. The monoisotopic (exact) mass is 290 g/mol. The molecule has 0 spiro atoms. The Hall–Kier alpha value is -1.81. The molecule has 0 heterocycles. The normalized spacial score (nSPS) is 12.4. The fourth-order valence-corrected chi connectivity index (χ4v) is 2.02. The molecule has 1 rings (SSSR count). The van der Waals surface area contributed by atoms with Crippen molar-refractivity contribution in [1.29, 1.82) is 0 Å². The van der Waals surface area contributed by atoms with Gasteiger partial charge < -0.3 is 15.0 Å². The summed E-state index contributed by atoms with van der Waals surface area (Å²) in [5.74, 6) is 0.976. The van der Waals surface area contributed by atoms with Crippen LogP contribution in [0.15, 0.2) is 30.3 Å². The van der Waals surface area contributed by atoms with Crippen LogP contribution in [-0.2, 0) is 4.79 Å². The van der Waals surface area contributed by atoms with Crippen LogP contribution < -0.4 is 10.1 Å². The second-order valence-electron chi connectivity index (χ2n) is 5.01. The van der Waals surface area contributed by atoms with Gasteiger partial charge in [-0.25, -0.2) is 0 Å². The highest BCUT2D eigenvalue weighted by Gasteiger charge is 2.16. The Morgan fingerprint density at radius 3 is 2.57 bits per heavy atom. The number of hydrogen-bond acceptors (Lipinski definition) is 3. The van der Waals surface area contributed by atoms with Crippen molar-refractivity contribution in [3.8, 4) is 5.75 Å². The predicted octanol–water partition coefficient (Wildman–Crippen LogP) is 2.55. The summed E-state index contributed by atoms with van der Waals surface area (Å²) in [5.41, 5.74) is 1.10. The van der Waals surface area contributed by atoms with E-state index in [1.165, 1.54) is 0 Å². The van der Waals surface area contributed by atoms with Gasteiger partial charge >= 0.3 is 0 Å². The summed E-state index contributed by atoms with van der Waals surface area (Å²) in [6.45, 7) is 5.18. The van der Waals surface area contributed by atoms with E-state index in [-0.39, 0.29) is 11.9 Å². The second kappa shape index (κ2) is 9.19. The molecular formula is C17H26N2O2. The minimum absolute atomic E-state index is 0.131. The van der Waals surface area contributed by atoms with Gasteiger partial charge in [0.25, 0.3) is 0 Å². The van der Waals surface area contributed by atoms with Crippen LogP contribution in [0.4, 0.5) is 0 Å². The minimum atomic E-state index is 0.131. The maximum absolute atomic E-state index is 12.1. The molecule has 0 radical (unpaired) electrons. The van der Waals surface area contributed by atoms with Gasteiger partial charge in [0, 0.05) is 12.6 Å². The van der Waals surface area contributed by atoms with Gasteiger partial charge in [0.1, 0.15) is 5.75 Å². The molecule has 116 valence electrons. The third-order valence-corrected chi connectivity index (χ3v) is 3.50. The van der Waals surface area contributed by atoms with Crippen molar-refractivity contribution in [2.75, 3.05) is 27.2 Å². The minimum Gasteiger partial charge on any atom is -0.497 e. The van der Waals surface area contributed by atoms with Gasteiger partial charge in [-0.15, -0.1) is 0 Å². The van der Waals surface area contributed by atoms with Crippen molar-refractivity contribution in [2.45, 2.75) is 26.3 Å². The molecule has 0 bridgehead atoms. The number of nitrogens with zero attached hydrogens (tertiary/aromatic N) is 1. The highest BCUT2D eigenvalue weighted by atomic mass is 16.5. The maximum Gasteiger partial charge on any atom is 0.237 e. The summed E-state index contributed by atoms with van der Waals surface area (Å²) in [4.78, 5) is 14.0. The second-order valence-corrected chi connectivity index (χ2v) is 5.01. The third kappa shape index (κ3) is 5.60. The number of amides is 1. The van der Waals surface area contributed by atoms with E-state index >= 15 is 0 Å². The van der Waals surface area contributed by atoms with Gasteiger partial charge in [0.2, 0.25) is 5.91 Å². The first-order chi connectivity index (χ1) is 10.1. The number of likely N-dealkylation sites (N-methyl/N-ethyl adjacent to an activating group) is 1. The van der Waals surface area contributed by atoms with Crippen LogP contribution in [0.1, 0.15) is 25.8 Å². The molecule has 0 saturated heterocycles. The Bertz CT molecular complexity index is 454. The average Bonchev–Trinajstić information content (AvgIpc) is 2.51. The summed E-state index contributed by atoms with van der Waals surface area (Å²) in [7, 11) is 3.45. The number of carbonyl (C=O) groups excluding carboxylic acids is 1. The van der Waals surface area contributed by atoms with Crippen molar-refractivity contribution in [3.63, 3.8) is 0 Å². The predicted molar refractivity (Wildman–Crippen MR) is 87.4 cm³/mol. The van der Waals surface area contributed by atoms with Gasteiger partial charge in [0.05, 0.1) is 13.7 Å². The summed E-state index contributed by atoms with van der Waals surface area (Å²) in [6, 6.07) is 8.10. The molecule has 1 amide bonds. The molecule has 0 aliphatic carbocycles. The van der Waals surface area contributed by atoms with Crippen molar-refractivity contribution in [1.82, 2.24) is 10.2 Å². The van der Waals surface area contributed by atoms with Gasteiger partial charge in [-0.05, 0) is 38.1 Å². The van der Waals surface area contributed by atoms with Crippen LogP contribution in [0.25, 0.3) is 6.08 Å². The highest BCUT2D eigenvalue weighted by Crippen LogP contribution is 2.12. The fourth-order valence-electron chi connectivity index (χ4n) is 2.02. The van der Waals surface area contributed by atoms with Gasteiger partial charge in [-0.1, -0.05) is 31.2 Å². The lowest BCUT2D eigenvalue weighted by molar-refractivity contribution is -0.131. The number of hydrogen-bond donors (Lipinski definition) is 1. The molecule has 1 N–H and O–H groups in total. The van der Waals surface area contributed by atoms with E-state index in [9.17, 15) is 4.79 Å². The molecule has 4 nitrogen and oxygen atoms in total. The number of carbonyl (C=O) groups is 1. The summed E-state index contributed by atoms with van der Waals surface area (Å²) < 4.78 is 5.13. The van der Waals surface area contributed by atoms with E-state index in [0.29, 0.717) is 13.1 Å². The molecule has 0 unspecified atom stereocenters. The smallest absolute Gasteiger partial charge is 0.237 e. The van der Waals surface area contributed by atoms with Crippen molar-refractivity contribution in [2.24, 2.45) is 0 Å². The first-order valence-electron chi connectivity index (χ1n) is 7.37. The molecule has 0 fully saturated rings. The zero-order chi connectivity index (χ0) is 15.7. The summed E-state index contributed by atoms with van der Waals surface area (Å²) in [5, 5.41) is 2.92. The third-order valence-electron chi connectivity index (χ3n) is 3.50. The Morgan fingerprint density at radius 2 is 2.05 bits per heavy atom. The topological polar surface area (TPSA) is 41.6 Å². The molecule has 4 heteroatoms. The zero-order valence-corrected chi connectivity index (χ0v) is 13.4. The lowest BCUT2D eigenvalue weighted by Crippen LogP contribution is -2.42. The highest BCUT2D eigenvalue weighted by molar-refractivity contribution is 5.78. The van der Waals surface area contributed by atoms with Crippen LogP contribution in [0.5, 0.6) is 5.75 Å². The number of ether oxygens (including phenoxy) is 1. The molecule has 1 aromatic rings. The molecule has 1 atom stereocenters. The van der Waals surface area contributed by atoms with Crippen LogP contribution in [-0.4, -0.2) is 44.1 Å². The number of benzene rings is 1. The molecule has 0 aliphatic heterocycles. The zero-order valence-electron chi connectivity index (χ0n) is 13.4. The summed E-state index contributed by atoms with van der Waals surface area (Å²) >= 11 is 0. The van der Waals surface area contributed by atoms with Crippen molar-refractivity contribution < 1.29 is 9.53 Å². The molecular weight excluding hydrogens is 264 g/mol. The van der Waals surface area contributed by atoms with E-state index < -0.39 is 0 Å². The van der Waals surface area contributed by atoms with Gasteiger partial charge in [-0.3, -0.25) is 4.79 Å². The average molecular weight is 290 g/mol. The molecule has 1 aromatic carbocycles. The Labute approximate surface area is 127 Å². The maximum atomic E-state index is 12.1. The van der Waals surface area contributed by atoms with Crippen LogP contribution in [0, 0.1) is 0 Å². The molecule has 0 aromatic heterocycles. The van der Waals surface area contributed by atoms with E-state index in [4.69, 9.17) is 4.74 Å². The SMILES string of the molecule is CC[C@@H](C)N(C/C=C/c1ccc(OC)cc1)C(=O)CNC. The molecule has 21 heavy (non-hydrogen) atoms. The number of nitrogens with one attached hydrogen (secondary N) is 1. The Morgan fingerprint density at radius 1 is 1.38 bits per heavy atom. The first-order valence-corrected chi connectivity index (χ1v) is 7.37. The standard InChI is InChI=1S/C17H26N2O2/c1-5-14(2)19(17(20)13-18-3)12-6-7-15-8-10-16(21-4)11-9-15/h6-11,14,18H,5,12-13H2,1-4H3/b7-6+/t14-/m1/s1. The van der Waals surface area contributed by atoms with Crippen LogP contribution in [0.3, 0.4) is 0 Å². The molecule has 0 aliphatic rings. The van der Waals surface area contributed by atoms with E-state index in [2.05, 4.69) is 19.2 Å². The molecule has 0 saturated carbocycles. The number of methoxy groups -OCH3 is 1. The van der Waals surface area contributed by atoms with E-state index in [1.54, 1.807) is 14.2 Å². The van der Waals surface area contributed by atoms with Crippen molar-refractivity contribution in [3.05, 3.63) is 35.9 Å². The van der Waals surface area contributed by atoms with Crippen LogP contribution >= 0.6 is 0 Å². The Kier molecular flexibility index (Phi) is 7.54. The summed E-state index contributed by atoms with van der Waals surface area (Å²) in [6.07, 6.45) is 5.01. The van der Waals surface area contributed by atoms with Gasteiger partial charge in [-0.2, -0.15) is 0 Å². The van der Waals surface area contributed by atoms with E-state index in [0.717, 1.165) is 17.7 Å². The van der Waals surface area contributed by atoms with Crippen LogP contribution in [0.2, 0.25) is 0 Å². The largest absolute Gasteiger partial charge is 0.497 e. The Balaban J connectivity index is 2.66. The fraction of sp³-hybridized carbons (Fsp3) is 0.471. The van der Waals surface area contributed by atoms with Gasteiger partial charge in [0.15, 0.2) is 0 Å². The lowest BCUT2D eigenvalue weighted by atomic mass is 10.2. The lowest BCUT2D eigenvalue weighted by Gasteiger charge is -2.27.